The first-order valence-corrected chi connectivity index (χ1v) is 5.06. The molecule has 2 heterocycles. The standard InChI is InChI=1S/C10H16N4/c1-8-3-5-14(7-8)10-12-4-2-9(6-11)13-10/h2,4,8H,3,5-7,11H2,1H3. The second-order valence-corrected chi connectivity index (χ2v) is 3.89. The minimum atomic E-state index is 0.485. The van der Waals surface area contributed by atoms with Gasteiger partial charge in [-0.15, -0.1) is 0 Å². The predicted octanol–water partition coefficient (Wildman–Crippen LogP) is 0.781. The molecule has 14 heavy (non-hydrogen) atoms. The zero-order chi connectivity index (χ0) is 9.97. The van der Waals surface area contributed by atoms with Gasteiger partial charge in [-0.3, -0.25) is 0 Å². The van der Waals surface area contributed by atoms with Crippen molar-refractivity contribution < 1.29 is 0 Å². The molecule has 1 saturated heterocycles. The Bertz CT molecular complexity index is 313. The van der Waals surface area contributed by atoms with E-state index >= 15 is 0 Å². The molecule has 0 aromatic carbocycles. The molecule has 1 fully saturated rings. The summed E-state index contributed by atoms with van der Waals surface area (Å²) < 4.78 is 0. The van der Waals surface area contributed by atoms with Gasteiger partial charge in [-0.25, -0.2) is 9.97 Å². The van der Waals surface area contributed by atoms with Gasteiger partial charge in [0.05, 0.1) is 5.69 Å². The van der Waals surface area contributed by atoms with Gasteiger partial charge >= 0.3 is 0 Å². The molecule has 0 radical (unpaired) electrons. The van der Waals surface area contributed by atoms with E-state index < -0.39 is 0 Å². The van der Waals surface area contributed by atoms with Crippen LogP contribution in [-0.4, -0.2) is 23.1 Å². The van der Waals surface area contributed by atoms with Crippen LogP contribution < -0.4 is 10.6 Å². The van der Waals surface area contributed by atoms with Gasteiger partial charge in [0.25, 0.3) is 0 Å². The summed E-state index contributed by atoms with van der Waals surface area (Å²) in [5.74, 6) is 1.58. The summed E-state index contributed by atoms with van der Waals surface area (Å²) in [5.41, 5.74) is 6.45. The van der Waals surface area contributed by atoms with Gasteiger partial charge in [0.2, 0.25) is 5.95 Å². The molecule has 1 aliphatic rings. The highest BCUT2D eigenvalue weighted by Gasteiger charge is 2.20. The molecule has 4 heteroatoms. The summed E-state index contributed by atoms with van der Waals surface area (Å²) in [7, 11) is 0. The zero-order valence-corrected chi connectivity index (χ0v) is 8.48. The number of anilines is 1. The molecular formula is C10H16N4. The molecule has 2 rings (SSSR count). The summed E-state index contributed by atoms with van der Waals surface area (Å²) in [6.07, 6.45) is 3.02. The molecule has 4 nitrogen and oxygen atoms in total. The van der Waals surface area contributed by atoms with E-state index in [2.05, 4.69) is 21.8 Å². The Balaban J connectivity index is 2.15. The quantitative estimate of drug-likeness (QED) is 0.752. The molecule has 0 spiro atoms. The molecule has 0 bridgehead atoms. The maximum atomic E-state index is 5.54. The normalized spacial score (nSPS) is 21.6. The van der Waals surface area contributed by atoms with Crippen LogP contribution in [0.1, 0.15) is 19.0 Å². The summed E-state index contributed by atoms with van der Waals surface area (Å²) in [6.45, 7) is 4.87. The fourth-order valence-corrected chi connectivity index (χ4v) is 1.77. The lowest BCUT2D eigenvalue weighted by molar-refractivity contribution is 0.658. The fraction of sp³-hybridized carbons (Fsp3) is 0.600. The monoisotopic (exact) mass is 192 g/mol. The number of hydrogen-bond acceptors (Lipinski definition) is 4. The molecular weight excluding hydrogens is 176 g/mol. The van der Waals surface area contributed by atoms with Crippen LogP contribution >= 0.6 is 0 Å². The van der Waals surface area contributed by atoms with Crippen LogP contribution in [0.4, 0.5) is 5.95 Å². The van der Waals surface area contributed by atoms with E-state index in [0.29, 0.717) is 6.54 Å². The van der Waals surface area contributed by atoms with Crippen LogP contribution in [0.3, 0.4) is 0 Å². The number of hydrogen-bond donors (Lipinski definition) is 1. The van der Waals surface area contributed by atoms with E-state index in [1.165, 1.54) is 6.42 Å². The van der Waals surface area contributed by atoms with Crippen LogP contribution in [0.2, 0.25) is 0 Å². The van der Waals surface area contributed by atoms with Crippen LogP contribution in [-0.2, 0) is 6.54 Å². The molecule has 1 aromatic rings. The third-order valence-electron chi connectivity index (χ3n) is 2.62. The first-order chi connectivity index (χ1) is 6.79. The first kappa shape index (κ1) is 9.40. The van der Waals surface area contributed by atoms with Crippen LogP contribution in [0.15, 0.2) is 12.3 Å². The molecule has 2 N–H and O–H groups in total. The summed E-state index contributed by atoms with van der Waals surface area (Å²) in [4.78, 5) is 10.9. The second-order valence-electron chi connectivity index (χ2n) is 3.89. The molecule has 1 aliphatic heterocycles. The van der Waals surface area contributed by atoms with Crippen molar-refractivity contribution in [3.63, 3.8) is 0 Å². The number of nitrogens with zero attached hydrogens (tertiary/aromatic N) is 3. The van der Waals surface area contributed by atoms with Crippen LogP contribution in [0.25, 0.3) is 0 Å². The summed E-state index contributed by atoms with van der Waals surface area (Å²) in [6, 6.07) is 1.86. The van der Waals surface area contributed by atoms with Gasteiger partial charge in [0.15, 0.2) is 0 Å². The Kier molecular flexibility index (Phi) is 2.63. The Labute approximate surface area is 84.2 Å². The van der Waals surface area contributed by atoms with Gasteiger partial charge in [0, 0.05) is 25.8 Å². The fourth-order valence-electron chi connectivity index (χ4n) is 1.77. The van der Waals surface area contributed by atoms with Crippen molar-refractivity contribution >= 4 is 5.95 Å². The number of rotatable bonds is 2. The van der Waals surface area contributed by atoms with Crippen molar-refractivity contribution in [3.05, 3.63) is 18.0 Å². The van der Waals surface area contributed by atoms with Crippen molar-refractivity contribution in [1.29, 1.82) is 0 Å². The highest BCUT2D eigenvalue weighted by Crippen LogP contribution is 2.19. The Morgan fingerprint density at radius 2 is 2.50 bits per heavy atom. The average molecular weight is 192 g/mol. The summed E-state index contributed by atoms with van der Waals surface area (Å²) >= 11 is 0. The van der Waals surface area contributed by atoms with Gasteiger partial charge < -0.3 is 10.6 Å². The summed E-state index contributed by atoms with van der Waals surface area (Å²) in [5, 5.41) is 0. The molecule has 0 amide bonds. The van der Waals surface area contributed by atoms with Crippen LogP contribution in [0, 0.1) is 5.92 Å². The molecule has 76 valence electrons. The molecule has 0 aliphatic carbocycles. The lowest BCUT2D eigenvalue weighted by Gasteiger charge is -2.15. The number of aromatic nitrogens is 2. The van der Waals surface area contributed by atoms with E-state index in [-0.39, 0.29) is 0 Å². The molecule has 1 atom stereocenters. The Morgan fingerprint density at radius 1 is 1.64 bits per heavy atom. The van der Waals surface area contributed by atoms with E-state index in [0.717, 1.165) is 30.6 Å². The van der Waals surface area contributed by atoms with Crippen molar-refractivity contribution in [1.82, 2.24) is 9.97 Å². The highest BCUT2D eigenvalue weighted by molar-refractivity contribution is 5.31. The minimum absolute atomic E-state index is 0.485. The van der Waals surface area contributed by atoms with E-state index in [4.69, 9.17) is 5.73 Å². The second kappa shape index (κ2) is 3.92. The first-order valence-electron chi connectivity index (χ1n) is 5.06. The zero-order valence-electron chi connectivity index (χ0n) is 8.48. The Hall–Kier alpha value is -1.16. The van der Waals surface area contributed by atoms with E-state index in [9.17, 15) is 0 Å². The third kappa shape index (κ3) is 1.85. The maximum Gasteiger partial charge on any atom is 0.225 e. The average Bonchev–Trinajstić information content (AvgIpc) is 2.65. The van der Waals surface area contributed by atoms with Crippen molar-refractivity contribution in [3.8, 4) is 0 Å². The van der Waals surface area contributed by atoms with E-state index in [1.807, 2.05) is 6.07 Å². The Morgan fingerprint density at radius 3 is 3.14 bits per heavy atom. The topological polar surface area (TPSA) is 55.0 Å². The molecule has 1 aromatic heterocycles. The van der Waals surface area contributed by atoms with Crippen molar-refractivity contribution in [2.45, 2.75) is 19.9 Å². The van der Waals surface area contributed by atoms with Crippen molar-refractivity contribution in [2.75, 3.05) is 18.0 Å². The third-order valence-corrected chi connectivity index (χ3v) is 2.62. The molecule has 1 unspecified atom stereocenters. The van der Waals surface area contributed by atoms with Gasteiger partial charge in [-0.1, -0.05) is 6.92 Å². The largest absolute Gasteiger partial charge is 0.341 e. The lowest BCUT2D eigenvalue weighted by Crippen LogP contribution is -2.22. The van der Waals surface area contributed by atoms with E-state index in [1.54, 1.807) is 6.20 Å². The lowest BCUT2D eigenvalue weighted by atomic mass is 10.2. The van der Waals surface area contributed by atoms with Gasteiger partial charge in [-0.05, 0) is 18.4 Å². The van der Waals surface area contributed by atoms with Crippen molar-refractivity contribution in [2.24, 2.45) is 11.7 Å². The SMILES string of the molecule is CC1CCN(c2nccc(CN)n2)C1. The maximum absolute atomic E-state index is 5.54. The minimum Gasteiger partial charge on any atom is -0.341 e. The number of nitrogens with two attached hydrogens (primary N) is 1. The smallest absolute Gasteiger partial charge is 0.225 e. The van der Waals surface area contributed by atoms with Gasteiger partial charge in [0.1, 0.15) is 0 Å². The molecule has 0 saturated carbocycles. The van der Waals surface area contributed by atoms with Crippen LogP contribution in [0.5, 0.6) is 0 Å². The highest BCUT2D eigenvalue weighted by atomic mass is 15.3. The van der Waals surface area contributed by atoms with Gasteiger partial charge in [-0.2, -0.15) is 0 Å². The predicted molar refractivity (Wildman–Crippen MR) is 55.9 cm³/mol.